The molecule has 0 aromatic heterocycles. The van der Waals surface area contributed by atoms with Crippen molar-refractivity contribution in [3.8, 4) is 5.75 Å². The molecule has 2 N–H and O–H groups in total. The maximum Gasteiger partial charge on any atom is 0.115 e. The number of aromatic hydroxyl groups is 1. The van der Waals surface area contributed by atoms with E-state index in [0.717, 1.165) is 24.9 Å². The second-order valence-corrected chi connectivity index (χ2v) is 6.23. The summed E-state index contributed by atoms with van der Waals surface area (Å²) in [4.78, 5) is 2.59. The summed E-state index contributed by atoms with van der Waals surface area (Å²) < 4.78 is 0. The highest BCUT2D eigenvalue weighted by atomic mass is 16.3. The van der Waals surface area contributed by atoms with Crippen molar-refractivity contribution in [2.75, 3.05) is 19.6 Å². The zero-order valence-corrected chi connectivity index (χ0v) is 11.2. The predicted molar refractivity (Wildman–Crippen MR) is 72.4 cm³/mol. The van der Waals surface area contributed by atoms with E-state index in [2.05, 4.69) is 24.1 Å². The van der Waals surface area contributed by atoms with Crippen molar-refractivity contribution in [3.05, 3.63) is 29.8 Å². The number of phenols is 1. The van der Waals surface area contributed by atoms with Crippen molar-refractivity contribution in [1.82, 2.24) is 10.2 Å². The van der Waals surface area contributed by atoms with Crippen molar-refractivity contribution in [2.24, 2.45) is 11.8 Å². The van der Waals surface area contributed by atoms with Crippen LogP contribution in [0, 0.1) is 11.8 Å². The van der Waals surface area contributed by atoms with Crippen LogP contribution in [0.5, 0.6) is 5.75 Å². The lowest BCUT2D eigenvalue weighted by Gasteiger charge is -2.35. The van der Waals surface area contributed by atoms with E-state index in [1.54, 1.807) is 12.1 Å². The number of phenolic OH excluding ortho intramolecular Hbond substituents is 1. The third-order valence-electron chi connectivity index (χ3n) is 4.83. The van der Waals surface area contributed by atoms with Crippen LogP contribution < -0.4 is 5.32 Å². The van der Waals surface area contributed by atoms with Crippen LogP contribution in [0.25, 0.3) is 0 Å². The molecule has 2 saturated heterocycles. The highest BCUT2D eigenvalue weighted by Gasteiger charge is 2.49. The molecule has 3 nitrogen and oxygen atoms in total. The Morgan fingerprint density at radius 3 is 2.67 bits per heavy atom. The van der Waals surface area contributed by atoms with E-state index in [1.165, 1.54) is 18.7 Å². The Bertz CT molecular complexity index is 427. The van der Waals surface area contributed by atoms with E-state index in [-0.39, 0.29) is 5.54 Å². The summed E-state index contributed by atoms with van der Waals surface area (Å²) in [7, 11) is 0. The molecule has 3 heteroatoms. The third kappa shape index (κ3) is 1.91. The number of fused-ring (bicyclic) bond motifs is 1. The molecule has 98 valence electrons. The molecule has 0 radical (unpaired) electrons. The molecule has 0 amide bonds. The van der Waals surface area contributed by atoms with Gasteiger partial charge < -0.3 is 10.4 Å². The number of nitrogens with zero attached hydrogens (tertiary/aromatic N) is 1. The summed E-state index contributed by atoms with van der Waals surface area (Å²) in [5.74, 6) is 1.92. The average Bonchev–Trinajstić information content (AvgIpc) is 2.87. The molecule has 18 heavy (non-hydrogen) atoms. The molecule has 0 aliphatic carbocycles. The molecule has 0 bridgehead atoms. The molecule has 2 unspecified atom stereocenters. The first-order valence-corrected chi connectivity index (χ1v) is 6.81. The van der Waals surface area contributed by atoms with Crippen molar-refractivity contribution in [3.63, 3.8) is 0 Å². The lowest BCUT2D eigenvalue weighted by atomic mass is 9.85. The molecular weight excluding hydrogens is 224 g/mol. The Morgan fingerprint density at radius 1 is 1.28 bits per heavy atom. The van der Waals surface area contributed by atoms with E-state index < -0.39 is 0 Å². The molecule has 2 aliphatic rings. The zero-order chi connectivity index (χ0) is 12.8. The smallest absolute Gasteiger partial charge is 0.115 e. The Kier molecular flexibility index (Phi) is 2.83. The average molecular weight is 246 g/mol. The summed E-state index contributed by atoms with van der Waals surface area (Å²) in [5.41, 5.74) is 1.56. The normalized spacial score (nSPS) is 30.6. The number of hydrogen-bond acceptors (Lipinski definition) is 3. The summed E-state index contributed by atoms with van der Waals surface area (Å²) >= 11 is 0. The molecule has 1 aromatic carbocycles. The molecule has 2 aliphatic heterocycles. The van der Waals surface area contributed by atoms with Crippen LogP contribution in [0.4, 0.5) is 0 Å². The van der Waals surface area contributed by atoms with Crippen LogP contribution in [0.1, 0.15) is 19.4 Å². The largest absolute Gasteiger partial charge is 0.508 e. The van der Waals surface area contributed by atoms with Gasteiger partial charge in [-0.1, -0.05) is 12.1 Å². The first-order chi connectivity index (χ1) is 8.57. The number of rotatable bonds is 2. The minimum Gasteiger partial charge on any atom is -0.508 e. The van der Waals surface area contributed by atoms with Gasteiger partial charge in [0.1, 0.15) is 5.75 Å². The topological polar surface area (TPSA) is 35.5 Å². The van der Waals surface area contributed by atoms with Crippen molar-refractivity contribution >= 4 is 0 Å². The quantitative estimate of drug-likeness (QED) is 0.835. The van der Waals surface area contributed by atoms with Crippen LogP contribution in [0.2, 0.25) is 0 Å². The summed E-state index contributed by atoms with van der Waals surface area (Å²) in [5, 5.41) is 12.8. The number of likely N-dealkylation sites (tertiary alicyclic amines) is 1. The zero-order valence-electron chi connectivity index (χ0n) is 11.2. The van der Waals surface area contributed by atoms with Crippen molar-refractivity contribution in [2.45, 2.75) is 25.9 Å². The highest BCUT2D eigenvalue weighted by molar-refractivity contribution is 5.26. The Labute approximate surface area is 109 Å². The van der Waals surface area contributed by atoms with E-state index in [0.29, 0.717) is 5.75 Å². The van der Waals surface area contributed by atoms with Gasteiger partial charge in [-0.2, -0.15) is 0 Å². The summed E-state index contributed by atoms with van der Waals surface area (Å²) in [6.07, 6.45) is 0. The molecule has 0 saturated carbocycles. The molecule has 1 aromatic rings. The van der Waals surface area contributed by atoms with Crippen LogP contribution in [0.3, 0.4) is 0 Å². The highest BCUT2D eigenvalue weighted by Crippen LogP contribution is 2.41. The molecule has 2 fully saturated rings. The first-order valence-electron chi connectivity index (χ1n) is 6.81. The molecule has 0 spiro atoms. The predicted octanol–water partition coefficient (Wildman–Crippen LogP) is 1.82. The molecule has 3 rings (SSSR count). The van der Waals surface area contributed by atoms with E-state index in [9.17, 15) is 5.11 Å². The minimum atomic E-state index is 0.270. The van der Waals surface area contributed by atoms with Gasteiger partial charge >= 0.3 is 0 Å². The summed E-state index contributed by atoms with van der Waals surface area (Å²) in [6.45, 7) is 9.23. The van der Waals surface area contributed by atoms with Crippen molar-refractivity contribution in [1.29, 1.82) is 0 Å². The Balaban J connectivity index is 1.75. The SMILES string of the molecule is CC1(C)C2CNCC2CN1Cc1ccc(O)cc1. The van der Waals surface area contributed by atoms with E-state index >= 15 is 0 Å². The number of benzene rings is 1. The van der Waals surface area contributed by atoms with Gasteiger partial charge in [0.25, 0.3) is 0 Å². The lowest BCUT2D eigenvalue weighted by molar-refractivity contribution is 0.132. The van der Waals surface area contributed by atoms with Gasteiger partial charge in [-0.3, -0.25) is 4.90 Å². The van der Waals surface area contributed by atoms with Gasteiger partial charge in [0.2, 0.25) is 0 Å². The van der Waals surface area contributed by atoms with Crippen LogP contribution in [-0.4, -0.2) is 35.2 Å². The van der Waals surface area contributed by atoms with Crippen LogP contribution in [0.15, 0.2) is 24.3 Å². The number of hydrogen-bond donors (Lipinski definition) is 2. The molecule has 2 atom stereocenters. The fraction of sp³-hybridized carbons (Fsp3) is 0.600. The molecular formula is C15H22N2O. The van der Waals surface area contributed by atoms with Gasteiger partial charge in [-0.15, -0.1) is 0 Å². The second kappa shape index (κ2) is 4.25. The van der Waals surface area contributed by atoms with Gasteiger partial charge in [0, 0.05) is 25.2 Å². The van der Waals surface area contributed by atoms with Gasteiger partial charge in [-0.05, 0) is 49.9 Å². The second-order valence-electron chi connectivity index (χ2n) is 6.23. The van der Waals surface area contributed by atoms with E-state index in [1.807, 2.05) is 12.1 Å². The fourth-order valence-corrected chi connectivity index (χ4v) is 3.59. The van der Waals surface area contributed by atoms with Crippen LogP contribution in [-0.2, 0) is 6.54 Å². The number of nitrogens with one attached hydrogen (secondary N) is 1. The van der Waals surface area contributed by atoms with Crippen molar-refractivity contribution < 1.29 is 5.11 Å². The Morgan fingerprint density at radius 2 is 2.00 bits per heavy atom. The fourth-order valence-electron chi connectivity index (χ4n) is 3.59. The van der Waals surface area contributed by atoms with Gasteiger partial charge in [0.15, 0.2) is 0 Å². The van der Waals surface area contributed by atoms with Crippen LogP contribution >= 0.6 is 0 Å². The third-order valence-corrected chi connectivity index (χ3v) is 4.83. The Hall–Kier alpha value is -1.06. The minimum absolute atomic E-state index is 0.270. The lowest BCUT2D eigenvalue weighted by Crippen LogP contribution is -2.43. The maximum atomic E-state index is 9.33. The van der Waals surface area contributed by atoms with Gasteiger partial charge in [0.05, 0.1) is 0 Å². The first kappa shape index (κ1) is 12.0. The van der Waals surface area contributed by atoms with E-state index in [4.69, 9.17) is 0 Å². The summed E-state index contributed by atoms with van der Waals surface area (Å²) in [6, 6.07) is 7.61. The molecule has 2 heterocycles. The monoisotopic (exact) mass is 246 g/mol. The maximum absolute atomic E-state index is 9.33. The van der Waals surface area contributed by atoms with Gasteiger partial charge in [-0.25, -0.2) is 0 Å². The standard InChI is InChI=1S/C15H22N2O/c1-15(2)14-8-16-7-12(14)10-17(15)9-11-3-5-13(18)6-4-11/h3-6,12,14,16,18H,7-10H2,1-2H3.